The molecular formula is C30H32F3N5O6. The molecule has 0 saturated heterocycles. The molecule has 8 N–H and O–H groups in total. The Labute approximate surface area is 251 Å². The zero-order valence-electron chi connectivity index (χ0n) is 23.9. The number of ether oxygens (including phenoxy) is 1. The molecule has 11 nitrogen and oxygen atoms in total. The zero-order valence-corrected chi connectivity index (χ0v) is 23.9. The van der Waals surface area contributed by atoms with Crippen molar-refractivity contribution in [3.05, 3.63) is 113 Å². The first kappa shape index (κ1) is 34.5. The third-order valence-corrected chi connectivity index (χ3v) is 5.73. The molecule has 0 aliphatic heterocycles. The van der Waals surface area contributed by atoms with Crippen LogP contribution in [0.2, 0.25) is 0 Å². The Morgan fingerprint density at radius 2 is 1.70 bits per heavy atom. The van der Waals surface area contributed by atoms with Gasteiger partial charge in [-0.2, -0.15) is 0 Å². The highest BCUT2D eigenvalue weighted by Crippen LogP contribution is 2.29. The first-order valence-corrected chi connectivity index (χ1v) is 12.9. The van der Waals surface area contributed by atoms with E-state index in [2.05, 4.69) is 23.8 Å². The number of nitrogens with one attached hydrogen (secondary N) is 2. The zero-order chi connectivity index (χ0) is 33.1. The van der Waals surface area contributed by atoms with Gasteiger partial charge in [-0.1, -0.05) is 26.2 Å². The van der Waals surface area contributed by atoms with Gasteiger partial charge in [0.2, 0.25) is 0 Å². The minimum Gasteiger partial charge on any atom is -0.490 e. The van der Waals surface area contributed by atoms with Gasteiger partial charge in [0.15, 0.2) is 11.6 Å². The van der Waals surface area contributed by atoms with Crippen LogP contribution in [0.3, 0.4) is 0 Å². The second kappa shape index (κ2) is 15.5. The van der Waals surface area contributed by atoms with Crippen LogP contribution < -0.4 is 26.8 Å². The number of carbonyl (C=O) groups excluding carboxylic acids is 1. The average molecular weight is 616 g/mol. The van der Waals surface area contributed by atoms with Crippen LogP contribution in [-0.4, -0.2) is 39.6 Å². The minimum absolute atomic E-state index is 0.161. The van der Waals surface area contributed by atoms with Crippen LogP contribution in [0.4, 0.5) is 24.5 Å². The van der Waals surface area contributed by atoms with Crippen molar-refractivity contribution < 1.29 is 42.5 Å². The largest absolute Gasteiger partial charge is 0.490 e. The number of benzene rings is 2. The molecule has 1 amide bonds. The molecule has 0 unspecified atom stereocenters. The summed E-state index contributed by atoms with van der Waals surface area (Å²) in [6.07, 6.45) is 7.54. The molecular weight excluding hydrogens is 583 g/mol. The van der Waals surface area contributed by atoms with Crippen LogP contribution >= 0.6 is 0 Å². The van der Waals surface area contributed by atoms with Crippen LogP contribution in [0.15, 0.2) is 79.2 Å². The van der Waals surface area contributed by atoms with Crippen molar-refractivity contribution in [3.63, 3.8) is 0 Å². The number of allylic oxidation sites excluding steroid dienone is 4. The van der Waals surface area contributed by atoms with Crippen LogP contribution in [0, 0.1) is 17.5 Å². The van der Waals surface area contributed by atoms with Gasteiger partial charge in [0.05, 0.1) is 29.2 Å². The molecule has 2 rings (SSSR count). The summed E-state index contributed by atoms with van der Waals surface area (Å²) in [6, 6.07) is 2.22. The van der Waals surface area contributed by atoms with Crippen molar-refractivity contribution in [1.82, 2.24) is 4.90 Å². The van der Waals surface area contributed by atoms with Crippen molar-refractivity contribution in [2.75, 3.05) is 17.2 Å². The molecule has 0 aromatic heterocycles. The summed E-state index contributed by atoms with van der Waals surface area (Å²) in [5, 5.41) is 23.7. The van der Waals surface area contributed by atoms with Crippen molar-refractivity contribution in [3.8, 4) is 5.75 Å². The molecule has 0 aliphatic carbocycles. The molecule has 0 radical (unpaired) electrons. The summed E-state index contributed by atoms with van der Waals surface area (Å²) in [7, 11) is 0. The lowest BCUT2D eigenvalue weighted by Gasteiger charge is -2.15. The number of anilines is 2. The van der Waals surface area contributed by atoms with Gasteiger partial charge < -0.3 is 42.0 Å². The summed E-state index contributed by atoms with van der Waals surface area (Å²) in [4.78, 5) is 37.5. The third-order valence-electron chi connectivity index (χ3n) is 5.73. The normalized spacial score (nSPS) is 11.7. The maximum absolute atomic E-state index is 15.0. The molecule has 0 saturated carbocycles. The maximum atomic E-state index is 15.0. The van der Waals surface area contributed by atoms with E-state index in [4.69, 9.17) is 16.2 Å². The Bertz CT molecular complexity index is 1570. The number of rotatable bonds is 15. The van der Waals surface area contributed by atoms with E-state index >= 15 is 0 Å². The molecule has 0 atom stereocenters. The van der Waals surface area contributed by atoms with E-state index < -0.39 is 76.5 Å². The molecule has 0 fully saturated rings. The molecule has 2 aromatic carbocycles. The Balaban J connectivity index is 2.31. The maximum Gasteiger partial charge on any atom is 0.340 e. The molecule has 0 bridgehead atoms. The number of carboxylic acids is 2. The molecule has 14 heteroatoms. The van der Waals surface area contributed by atoms with Gasteiger partial charge in [-0.05, 0) is 37.6 Å². The van der Waals surface area contributed by atoms with Gasteiger partial charge in [-0.15, -0.1) is 0 Å². The van der Waals surface area contributed by atoms with Gasteiger partial charge in [0, 0.05) is 36.1 Å². The highest BCUT2D eigenvalue weighted by molar-refractivity contribution is 6.07. The molecule has 0 spiro atoms. The topological polar surface area (TPSA) is 180 Å². The Kier molecular flexibility index (Phi) is 12.2. The summed E-state index contributed by atoms with van der Waals surface area (Å²) >= 11 is 0. The smallest absolute Gasteiger partial charge is 0.340 e. The molecule has 44 heavy (non-hydrogen) atoms. The lowest BCUT2D eigenvalue weighted by atomic mass is 10.0. The fourth-order valence-electron chi connectivity index (χ4n) is 3.64. The van der Waals surface area contributed by atoms with E-state index in [1.165, 1.54) is 24.1 Å². The van der Waals surface area contributed by atoms with Gasteiger partial charge >= 0.3 is 11.9 Å². The number of aromatic carboxylic acids is 2. The molecule has 0 aliphatic rings. The predicted molar refractivity (Wildman–Crippen MR) is 159 cm³/mol. The van der Waals surface area contributed by atoms with E-state index in [9.17, 15) is 37.8 Å². The van der Waals surface area contributed by atoms with Gasteiger partial charge in [-0.25, -0.2) is 22.8 Å². The number of amides is 1. The van der Waals surface area contributed by atoms with Crippen LogP contribution in [0.25, 0.3) is 0 Å². The average Bonchev–Trinajstić information content (AvgIpc) is 2.94. The predicted octanol–water partition coefficient (Wildman–Crippen LogP) is 5.02. The second-order valence-electron chi connectivity index (χ2n) is 9.07. The van der Waals surface area contributed by atoms with Crippen molar-refractivity contribution in [2.45, 2.75) is 26.7 Å². The monoisotopic (exact) mass is 615 g/mol. The molecule has 2 aromatic rings. The number of hydrogen-bond acceptors (Lipinski definition) is 8. The summed E-state index contributed by atoms with van der Waals surface area (Å²) in [5.41, 5.74) is 8.74. The highest BCUT2D eigenvalue weighted by Gasteiger charge is 2.24. The lowest BCUT2D eigenvalue weighted by Crippen LogP contribution is -2.22. The van der Waals surface area contributed by atoms with Crippen molar-refractivity contribution >= 4 is 29.2 Å². The third kappa shape index (κ3) is 8.92. The number of carbonyl (C=O) groups is 3. The number of hydrogen-bond donors (Lipinski definition) is 6. The second-order valence-corrected chi connectivity index (χ2v) is 9.07. The fourth-order valence-corrected chi connectivity index (χ4v) is 3.64. The summed E-state index contributed by atoms with van der Waals surface area (Å²) in [6.45, 7) is 9.96. The van der Waals surface area contributed by atoms with E-state index in [0.717, 1.165) is 24.6 Å². The van der Waals surface area contributed by atoms with Gasteiger partial charge in [0.1, 0.15) is 23.0 Å². The molecule has 234 valence electrons. The van der Waals surface area contributed by atoms with Crippen LogP contribution in [0.5, 0.6) is 5.75 Å². The van der Waals surface area contributed by atoms with Gasteiger partial charge in [0.25, 0.3) is 5.91 Å². The van der Waals surface area contributed by atoms with Crippen molar-refractivity contribution in [2.24, 2.45) is 11.5 Å². The first-order chi connectivity index (χ1) is 20.7. The minimum atomic E-state index is -1.66. The van der Waals surface area contributed by atoms with E-state index in [1.54, 1.807) is 6.20 Å². The van der Waals surface area contributed by atoms with Crippen molar-refractivity contribution in [1.29, 1.82) is 0 Å². The molecule has 0 heterocycles. The van der Waals surface area contributed by atoms with Gasteiger partial charge in [-0.3, -0.25) is 4.79 Å². The van der Waals surface area contributed by atoms with Crippen LogP contribution in [-0.2, 0) is 11.2 Å². The summed E-state index contributed by atoms with van der Waals surface area (Å²) in [5.74, 6) is -8.24. The lowest BCUT2D eigenvalue weighted by molar-refractivity contribution is -0.112. The number of nitrogens with zero attached hydrogens (tertiary/aromatic N) is 1. The summed E-state index contributed by atoms with van der Waals surface area (Å²) < 4.78 is 49.7. The quantitative estimate of drug-likeness (QED) is 0.118. The number of carboxylic acid groups (broad SMARTS) is 2. The van der Waals surface area contributed by atoms with Crippen LogP contribution in [0.1, 0.15) is 46.5 Å². The fraction of sp³-hybridized carbons (Fsp3) is 0.167. The Morgan fingerprint density at radius 3 is 2.27 bits per heavy atom. The first-order valence-electron chi connectivity index (χ1n) is 12.9. The Morgan fingerprint density at radius 1 is 1.02 bits per heavy atom. The number of nitrogens with two attached hydrogens (primary N) is 2. The van der Waals surface area contributed by atoms with E-state index in [0.29, 0.717) is 6.07 Å². The number of halogens is 3. The van der Waals surface area contributed by atoms with E-state index in [1.807, 2.05) is 13.0 Å². The SMILES string of the molecule is C=CN(/C=C\CC)/C(N)=C/C=C(\N)C(=O)Nc1cc(OCCc2c(F)cc(NC(=C)C)c(C(=O)O)c2F)c(F)cc1C(=O)O. The Hall–Kier alpha value is -5.66. The van der Waals surface area contributed by atoms with E-state index in [-0.39, 0.29) is 22.9 Å². The highest BCUT2D eigenvalue weighted by atomic mass is 19.1. The standard InChI is InChI=1S/C30H32F3N5O6/c1-5-7-11-38(6-2)25(35)9-8-21(34)28(39)37-22-15-24(20(32)13-18(22)29(40)41)44-12-10-17-19(31)14-23(36-16(3)4)26(27(17)33)30(42)43/h6-9,11,13-15,36H,2-3,5,10,12,34-35H2,1,4H3,(H,37,39)(H,40,41)(H,42,43)/b11-7-,21-8-,25-9+.